The van der Waals surface area contributed by atoms with E-state index in [1.165, 1.54) is 4.90 Å². The first-order chi connectivity index (χ1) is 13.4. The molecule has 0 spiro atoms. The van der Waals surface area contributed by atoms with Gasteiger partial charge in [0.15, 0.2) is 0 Å². The number of thiocarbonyl (C=S) groups is 1. The van der Waals surface area contributed by atoms with Gasteiger partial charge in [-0.1, -0.05) is 24.0 Å². The average molecular weight is 441 g/mol. The van der Waals surface area contributed by atoms with Gasteiger partial charge in [-0.3, -0.25) is 14.5 Å². The first-order valence-corrected chi connectivity index (χ1v) is 10.8. The molecular formula is C18H20N2O5S3. The van der Waals surface area contributed by atoms with Crippen molar-refractivity contribution in [2.75, 3.05) is 32.3 Å². The lowest BCUT2D eigenvalue weighted by Crippen LogP contribution is -2.47. The van der Waals surface area contributed by atoms with Crippen molar-refractivity contribution in [2.24, 2.45) is 0 Å². The van der Waals surface area contributed by atoms with Crippen LogP contribution in [0.3, 0.4) is 0 Å². The van der Waals surface area contributed by atoms with Crippen LogP contribution >= 0.6 is 35.7 Å². The molecular weight excluding hydrogens is 420 g/mol. The molecule has 2 saturated heterocycles. The molecule has 2 aliphatic rings. The molecule has 2 aliphatic heterocycles. The number of carbonyl (C=O) groups excluding carboxylic acids is 2. The lowest BCUT2D eigenvalue weighted by molar-refractivity contribution is -0.129. The number of hydrogen-bond acceptors (Lipinski definition) is 8. The molecule has 0 radical (unpaired) electrons. The van der Waals surface area contributed by atoms with Crippen LogP contribution in [0.25, 0.3) is 6.08 Å². The Labute approximate surface area is 176 Å². The number of nitrogens with zero attached hydrogens (tertiary/aromatic N) is 1. The number of amides is 2. The van der Waals surface area contributed by atoms with Crippen molar-refractivity contribution in [1.29, 1.82) is 0 Å². The second kappa shape index (κ2) is 9.17. The van der Waals surface area contributed by atoms with E-state index in [0.29, 0.717) is 37.8 Å². The minimum atomic E-state index is -0.569. The largest absolute Gasteiger partial charge is 0.497 e. The van der Waals surface area contributed by atoms with Crippen molar-refractivity contribution in [2.45, 2.75) is 12.1 Å². The Morgan fingerprint density at radius 1 is 1.39 bits per heavy atom. The molecule has 3 rings (SSSR count). The predicted molar refractivity (Wildman–Crippen MR) is 115 cm³/mol. The molecule has 1 aromatic carbocycles. The molecule has 2 N–H and O–H groups in total. The molecule has 0 aliphatic carbocycles. The third-order valence-corrected chi connectivity index (χ3v) is 6.85. The molecule has 2 atom stereocenters. The lowest BCUT2D eigenvalue weighted by atomic mass is 10.1. The highest BCUT2D eigenvalue weighted by Crippen LogP contribution is 2.35. The van der Waals surface area contributed by atoms with Crippen LogP contribution in [0, 0.1) is 0 Å². The summed E-state index contributed by atoms with van der Waals surface area (Å²) in [5.41, 5.74) is 0.679. The smallest absolute Gasteiger partial charge is 0.266 e. The van der Waals surface area contributed by atoms with Gasteiger partial charge in [-0.15, -0.1) is 0 Å². The second-order valence-electron chi connectivity index (χ2n) is 6.15. The van der Waals surface area contributed by atoms with Crippen LogP contribution in [-0.2, 0) is 9.59 Å². The van der Waals surface area contributed by atoms with Crippen LogP contribution < -0.4 is 14.8 Å². The fraction of sp³-hybridized carbons (Fsp3) is 0.389. The standard InChI is InChI=1S/C18H20N2O5S3/c1-24-11-3-4-14(25-2)10(5-11)6-15-17(23)20(18(26)28-15)7-16(22)19-12-8-27-9-13(12)21/h3-6,12-13,21H,7-9H2,1-2H3,(H,19,22)/t12-,13+/m1/s1. The molecule has 0 saturated carbocycles. The van der Waals surface area contributed by atoms with E-state index in [9.17, 15) is 14.7 Å². The van der Waals surface area contributed by atoms with Crippen LogP contribution in [0.2, 0.25) is 0 Å². The Bertz CT molecular complexity index is 829. The van der Waals surface area contributed by atoms with E-state index in [2.05, 4.69) is 5.32 Å². The van der Waals surface area contributed by atoms with Crippen molar-refractivity contribution < 1.29 is 24.2 Å². The highest BCUT2D eigenvalue weighted by molar-refractivity contribution is 8.26. The molecule has 10 heteroatoms. The van der Waals surface area contributed by atoms with Gasteiger partial charge in [0.25, 0.3) is 5.91 Å². The highest BCUT2D eigenvalue weighted by Gasteiger charge is 2.35. The summed E-state index contributed by atoms with van der Waals surface area (Å²) in [6, 6.07) is 4.98. The summed E-state index contributed by atoms with van der Waals surface area (Å²) in [5, 5.41) is 12.6. The topological polar surface area (TPSA) is 88.1 Å². The van der Waals surface area contributed by atoms with E-state index in [-0.39, 0.29) is 24.4 Å². The summed E-state index contributed by atoms with van der Waals surface area (Å²) in [6.07, 6.45) is 1.11. The van der Waals surface area contributed by atoms with Crippen molar-refractivity contribution in [1.82, 2.24) is 10.2 Å². The zero-order valence-electron chi connectivity index (χ0n) is 15.3. The third kappa shape index (κ3) is 4.62. The molecule has 0 bridgehead atoms. The zero-order valence-corrected chi connectivity index (χ0v) is 17.8. The molecule has 0 unspecified atom stereocenters. The molecule has 2 amide bonds. The van der Waals surface area contributed by atoms with Crippen LogP contribution in [0.5, 0.6) is 11.5 Å². The number of hydrogen-bond donors (Lipinski definition) is 2. The Balaban J connectivity index is 1.73. The fourth-order valence-electron chi connectivity index (χ4n) is 2.81. The number of carbonyl (C=O) groups is 2. The van der Waals surface area contributed by atoms with Crippen molar-refractivity contribution >= 4 is 58.0 Å². The summed E-state index contributed by atoms with van der Waals surface area (Å²) in [4.78, 5) is 26.7. The van der Waals surface area contributed by atoms with Gasteiger partial charge >= 0.3 is 0 Å². The Hall–Kier alpha value is -1.75. The fourth-order valence-corrected chi connectivity index (χ4v) is 5.22. The number of nitrogens with one attached hydrogen (secondary N) is 1. The first kappa shape index (κ1) is 21.0. The molecule has 1 aromatic rings. The number of thioether (sulfide) groups is 2. The SMILES string of the molecule is COc1ccc(OC)c(C=C2SC(=S)N(CC(=O)N[C@@H]3CSC[C@@H]3O)C2=O)c1. The lowest BCUT2D eigenvalue weighted by Gasteiger charge is -2.18. The van der Waals surface area contributed by atoms with Gasteiger partial charge in [-0.25, -0.2) is 0 Å². The number of methoxy groups -OCH3 is 2. The Morgan fingerprint density at radius 2 is 2.18 bits per heavy atom. The maximum absolute atomic E-state index is 12.8. The average Bonchev–Trinajstić information content (AvgIpc) is 3.19. The summed E-state index contributed by atoms with van der Waals surface area (Å²) in [6.45, 7) is -0.175. The van der Waals surface area contributed by atoms with E-state index in [1.807, 2.05) is 0 Å². The molecule has 150 valence electrons. The highest BCUT2D eigenvalue weighted by atomic mass is 32.2. The first-order valence-electron chi connectivity index (χ1n) is 8.45. The summed E-state index contributed by atoms with van der Waals surface area (Å²) < 4.78 is 10.9. The van der Waals surface area contributed by atoms with E-state index < -0.39 is 6.10 Å². The third-order valence-electron chi connectivity index (χ3n) is 4.30. The zero-order chi connectivity index (χ0) is 20.3. The molecule has 2 fully saturated rings. The maximum Gasteiger partial charge on any atom is 0.266 e. The minimum Gasteiger partial charge on any atom is -0.497 e. The van der Waals surface area contributed by atoms with Gasteiger partial charge in [0.05, 0.1) is 31.3 Å². The van der Waals surface area contributed by atoms with Crippen LogP contribution in [0.15, 0.2) is 23.1 Å². The van der Waals surface area contributed by atoms with Gasteiger partial charge < -0.3 is 19.9 Å². The van der Waals surface area contributed by atoms with E-state index >= 15 is 0 Å². The van der Waals surface area contributed by atoms with E-state index in [0.717, 1.165) is 11.8 Å². The van der Waals surface area contributed by atoms with Gasteiger partial charge in [0.1, 0.15) is 22.4 Å². The number of aliphatic hydroxyl groups is 1. The van der Waals surface area contributed by atoms with Crippen LogP contribution in [-0.4, -0.2) is 70.6 Å². The minimum absolute atomic E-state index is 0.175. The van der Waals surface area contributed by atoms with Gasteiger partial charge in [-0.05, 0) is 24.3 Å². The monoisotopic (exact) mass is 440 g/mol. The van der Waals surface area contributed by atoms with Gasteiger partial charge in [0.2, 0.25) is 5.91 Å². The summed E-state index contributed by atoms with van der Waals surface area (Å²) in [7, 11) is 3.11. The maximum atomic E-state index is 12.8. The Morgan fingerprint density at radius 3 is 2.82 bits per heavy atom. The number of rotatable bonds is 6. The van der Waals surface area contributed by atoms with Gasteiger partial charge in [-0.2, -0.15) is 11.8 Å². The molecule has 2 heterocycles. The van der Waals surface area contributed by atoms with Crippen molar-refractivity contribution in [3.05, 3.63) is 28.7 Å². The molecule has 0 aromatic heterocycles. The van der Waals surface area contributed by atoms with E-state index in [1.54, 1.807) is 50.3 Å². The quantitative estimate of drug-likeness (QED) is 0.508. The number of aliphatic hydroxyl groups excluding tert-OH is 1. The van der Waals surface area contributed by atoms with Crippen molar-refractivity contribution in [3.8, 4) is 11.5 Å². The second-order valence-corrected chi connectivity index (χ2v) is 8.91. The van der Waals surface area contributed by atoms with Crippen LogP contribution in [0.4, 0.5) is 0 Å². The van der Waals surface area contributed by atoms with Gasteiger partial charge in [0, 0.05) is 17.1 Å². The number of ether oxygens (including phenoxy) is 2. The van der Waals surface area contributed by atoms with E-state index in [4.69, 9.17) is 21.7 Å². The van der Waals surface area contributed by atoms with Crippen LogP contribution in [0.1, 0.15) is 5.56 Å². The summed E-state index contributed by atoms with van der Waals surface area (Å²) >= 11 is 7.99. The number of benzene rings is 1. The normalized spacial score (nSPS) is 23.4. The molecule has 7 nitrogen and oxygen atoms in total. The Kier molecular flexibility index (Phi) is 6.86. The summed E-state index contributed by atoms with van der Waals surface area (Å²) in [5.74, 6) is 1.80. The van der Waals surface area contributed by atoms with Crippen molar-refractivity contribution in [3.63, 3.8) is 0 Å². The molecule has 28 heavy (non-hydrogen) atoms. The predicted octanol–water partition coefficient (Wildman–Crippen LogP) is 1.50.